The predicted octanol–water partition coefficient (Wildman–Crippen LogP) is 2.26. The molecule has 6 heteroatoms. The first-order chi connectivity index (χ1) is 11.2. The zero-order valence-electron chi connectivity index (χ0n) is 13.7. The maximum absolute atomic E-state index is 11.9. The van der Waals surface area contributed by atoms with Gasteiger partial charge >= 0.3 is 6.03 Å². The van der Waals surface area contributed by atoms with Gasteiger partial charge in [0, 0.05) is 38.1 Å². The number of hydrogen-bond donors (Lipinski definition) is 1. The number of anilines is 1. The average molecular weight is 313 g/mol. The molecular formula is C17H23N5O. The minimum absolute atomic E-state index is 0.0124. The zero-order valence-corrected chi connectivity index (χ0v) is 13.7. The second-order valence-corrected chi connectivity index (χ2v) is 5.88. The third-order valence-electron chi connectivity index (χ3n) is 4.48. The first-order valence-corrected chi connectivity index (χ1v) is 8.16. The van der Waals surface area contributed by atoms with Crippen LogP contribution in [0.5, 0.6) is 0 Å². The highest BCUT2D eigenvalue weighted by Gasteiger charge is 2.26. The van der Waals surface area contributed by atoms with E-state index in [-0.39, 0.29) is 12.1 Å². The van der Waals surface area contributed by atoms with E-state index in [4.69, 9.17) is 0 Å². The average Bonchev–Trinajstić information content (AvgIpc) is 2.61. The molecule has 0 radical (unpaired) electrons. The van der Waals surface area contributed by atoms with E-state index in [2.05, 4.69) is 26.3 Å². The lowest BCUT2D eigenvalue weighted by Crippen LogP contribution is -2.49. The minimum Gasteiger partial charge on any atom is -0.356 e. The minimum atomic E-state index is 0.0124. The monoisotopic (exact) mass is 313 g/mol. The lowest BCUT2D eigenvalue weighted by molar-refractivity contribution is 0.180. The van der Waals surface area contributed by atoms with E-state index >= 15 is 0 Å². The van der Waals surface area contributed by atoms with Crippen LogP contribution >= 0.6 is 0 Å². The molecule has 1 aromatic carbocycles. The predicted molar refractivity (Wildman–Crippen MR) is 91.6 cm³/mol. The summed E-state index contributed by atoms with van der Waals surface area (Å²) in [5.41, 5.74) is 0.971. The molecule has 0 saturated carbocycles. The molecule has 2 amide bonds. The van der Waals surface area contributed by atoms with Crippen LogP contribution in [0.3, 0.4) is 0 Å². The van der Waals surface area contributed by atoms with Crippen LogP contribution in [0.1, 0.15) is 19.8 Å². The molecule has 1 fully saturated rings. The molecule has 23 heavy (non-hydrogen) atoms. The Bertz CT molecular complexity index is 676. The molecule has 6 nitrogen and oxygen atoms in total. The number of piperidine rings is 1. The van der Waals surface area contributed by atoms with Gasteiger partial charge in [0.2, 0.25) is 0 Å². The van der Waals surface area contributed by atoms with Crippen LogP contribution in [0, 0.1) is 0 Å². The van der Waals surface area contributed by atoms with E-state index in [1.165, 1.54) is 0 Å². The van der Waals surface area contributed by atoms with Crippen molar-refractivity contribution in [3.05, 3.63) is 30.6 Å². The normalized spacial score (nSPS) is 15.7. The molecule has 1 saturated heterocycles. The van der Waals surface area contributed by atoms with Crippen LogP contribution in [-0.2, 0) is 0 Å². The van der Waals surface area contributed by atoms with Crippen molar-refractivity contribution in [2.45, 2.75) is 25.8 Å². The molecule has 0 spiro atoms. The first-order valence-electron chi connectivity index (χ1n) is 8.16. The van der Waals surface area contributed by atoms with E-state index in [0.717, 1.165) is 42.7 Å². The van der Waals surface area contributed by atoms with Gasteiger partial charge in [-0.1, -0.05) is 12.1 Å². The highest BCUT2D eigenvalue weighted by molar-refractivity contribution is 5.89. The Morgan fingerprint density at radius 1 is 1.30 bits per heavy atom. The number of benzene rings is 1. The van der Waals surface area contributed by atoms with Gasteiger partial charge in [0.15, 0.2) is 0 Å². The van der Waals surface area contributed by atoms with E-state index in [1.807, 2.05) is 37.1 Å². The fourth-order valence-corrected chi connectivity index (χ4v) is 3.15. The summed E-state index contributed by atoms with van der Waals surface area (Å²) < 4.78 is 0. The fraction of sp³-hybridized carbons (Fsp3) is 0.471. The van der Waals surface area contributed by atoms with Gasteiger partial charge in [-0.2, -0.15) is 0 Å². The summed E-state index contributed by atoms with van der Waals surface area (Å²) in [7, 11) is 1.88. The molecule has 3 rings (SSSR count). The number of para-hydroxylation sites is 1. The fourth-order valence-electron chi connectivity index (χ4n) is 3.15. The van der Waals surface area contributed by atoms with Gasteiger partial charge < -0.3 is 15.1 Å². The van der Waals surface area contributed by atoms with Crippen LogP contribution < -0.4 is 10.2 Å². The molecule has 0 aliphatic carbocycles. The largest absolute Gasteiger partial charge is 0.356 e. The van der Waals surface area contributed by atoms with Crippen LogP contribution in [0.15, 0.2) is 30.6 Å². The molecule has 1 aliphatic heterocycles. The van der Waals surface area contributed by atoms with Crippen molar-refractivity contribution in [2.75, 3.05) is 31.6 Å². The summed E-state index contributed by atoms with van der Waals surface area (Å²) in [6, 6.07) is 8.38. The lowest BCUT2D eigenvalue weighted by atomic mass is 10.0. The topological polar surface area (TPSA) is 61.4 Å². The summed E-state index contributed by atoms with van der Waals surface area (Å²) in [5, 5.41) is 3.95. The number of rotatable bonds is 3. The molecule has 0 bridgehead atoms. The van der Waals surface area contributed by atoms with Crippen molar-refractivity contribution in [3.63, 3.8) is 0 Å². The number of hydrogen-bond acceptors (Lipinski definition) is 4. The van der Waals surface area contributed by atoms with Gasteiger partial charge in [0.05, 0.1) is 5.52 Å². The Morgan fingerprint density at radius 2 is 2.04 bits per heavy atom. The van der Waals surface area contributed by atoms with Crippen molar-refractivity contribution >= 4 is 22.8 Å². The second-order valence-electron chi connectivity index (χ2n) is 5.88. The number of fused-ring (bicyclic) bond motifs is 1. The molecule has 122 valence electrons. The van der Waals surface area contributed by atoms with Crippen molar-refractivity contribution in [3.8, 4) is 0 Å². The van der Waals surface area contributed by atoms with Gasteiger partial charge in [-0.25, -0.2) is 14.8 Å². The third kappa shape index (κ3) is 3.21. The summed E-state index contributed by atoms with van der Waals surface area (Å²) in [6.45, 7) is 4.40. The van der Waals surface area contributed by atoms with Gasteiger partial charge in [-0.15, -0.1) is 0 Å². The quantitative estimate of drug-likeness (QED) is 0.944. The third-order valence-corrected chi connectivity index (χ3v) is 4.48. The Morgan fingerprint density at radius 3 is 2.78 bits per heavy atom. The summed E-state index contributed by atoms with van der Waals surface area (Å²) >= 11 is 0. The molecule has 1 aromatic heterocycles. The van der Waals surface area contributed by atoms with Gasteiger partial charge in [-0.3, -0.25) is 0 Å². The zero-order chi connectivity index (χ0) is 16.2. The summed E-state index contributed by atoms with van der Waals surface area (Å²) in [5.74, 6) is 0.995. The number of amides is 2. The molecule has 2 aromatic rings. The Labute approximate surface area is 136 Å². The number of nitrogens with zero attached hydrogens (tertiary/aromatic N) is 4. The van der Waals surface area contributed by atoms with Crippen LogP contribution in [-0.4, -0.2) is 53.6 Å². The molecule has 1 N–H and O–H groups in total. The van der Waals surface area contributed by atoms with E-state index < -0.39 is 0 Å². The number of urea groups is 1. The Hall–Kier alpha value is -2.37. The molecule has 0 unspecified atom stereocenters. The highest BCUT2D eigenvalue weighted by atomic mass is 16.2. The lowest BCUT2D eigenvalue weighted by Gasteiger charge is -2.37. The molecule has 1 aliphatic rings. The number of carbonyl (C=O) groups excluding carboxylic acids is 1. The van der Waals surface area contributed by atoms with Crippen LogP contribution in [0.2, 0.25) is 0 Å². The molecule has 2 heterocycles. The van der Waals surface area contributed by atoms with E-state index in [9.17, 15) is 4.79 Å². The summed E-state index contributed by atoms with van der Waals surface area (Å²) in [4.78, 5) is 24.9. The van der Waals surface area contributed by atoms with Crippen LogP contribution in [0.25, 0.3) is 10.9 Å². The second kappa shape index (κ2) is 6.81. The van der Waals surface area contributed by atoms with Crippen molar-refractivity contribution in [1.29, 1.82) is 0 Å². The van der Waals surface area contributed by atoms with Crippen LogP contribution in [0.4, 0.5) is 10.6 Å². The number of aromatic nitrogens is 2. The van der Waals surface area contributed by atoms with E-state index in [0.29, 0.717) is 6.54 Å². The Balaban J connectivity index is 1.70. The van der Waals surface area contributed by atoms with Crippen molar-refractivity contribution in [2.24, 2.45) is 0 Å². The summed E-state index contributed by atoms with van der Waals surface area (Å²) in [6.07, 6.45) is 3.53. The first kappa shape index (κ1) is 15.5. The van der Waals surface area contributed by atoms with Gasteiger partial charge in [0.25, 0.3) is 0 Å². The maximum Gasteiger partial charge on any atom is 0.317 e. The standard InChI is InChI=1S/C17H23N5O/c1-3-18-17(23)21(2)13-8-10-22(11-9-13)16-14-6-4-5-7-15(14)19-12-20-16/h4-7,12-13H,3,8-11H2,1-2H3,(H,18,23). The SMILES string of the molecule is CCNC(=O)N(C)C1CCN(c2ncnc3ccccc23)CC1. The van der Waals surface area contributed by atoms with Gasteiger partial charge in [-0.05, 0) is 31.9 Å². The van der Waals surface area contributed by atoms with Crippen molar-refractivity contribution in [1.82, 2.24) is 20.2 Å². The number of carbonyl (C=O) groups is 1. The number of nitrogens with one attached hydrogen (secondary N) is 1. The maximum atomic E-state index is 11.9. The Kier molecular flexibility index (Phi) is 4.60. The smallest absolute Gasteiger partial charge is 0.317 e. The molecular weight excluding hydrogens is 290 g/mol. The van der Waals surface area contributed by atoms with Crippen molar-refractivity contribution < 1.29 is 4.79 Å². The molecule has 0 atom stereocenters. The van der Waals surface area contributed by atoms with E-state index in [1.54, 1.807) is 6.33 Å². The highest BCUT2D eigenvalue weighted by Crippen LogP contribution is 2.26. The van der Waals surface area contributed by atoms with Gasteiger partial charge in [0.1, 0.15) is 12.1 Å².